The van der Waals surface area contributed by atoms with Gasteiger partial charge in [-0.1, -0.05) is 61.4 Å². The van der Waals surface area contributed by atoms with Crippen molar-refractivity contribution in [2.45, 2.75) is 62.4 Å². The standard InChI is InChI=1S/C27H30N2O5/c30-24(28-23(25(31)32)14-17-10-11-17)15-27(12-5-13-27)29-26(33)34-16-22-20-8-3-1-6-18(20)19-7-2-4-9-21(19)22/h1-4,6-9,17,22-23H,5,10-16H2,(H,28,30)(H,29,33)(H,31,32). The van der Waals surface area contributed by atoms with Crippen LogP contribution in [0.25, 0.3) is 11.1 Å². The Morgan fingerprint density at radius 2 is 1.62 bits per heavy atom. The number of aliphatic carboxylic acids is 1. The Kier molecular flexibility index (Phi) is 6.02. The summed E-state index contributed by atoms with van der Waals surface area (Å²) in [5, 5.41) is 15.0. The molecule has 0 aliphatic heterocycles. The number of carbonyl (C=O) groups is 3. The van der Waals surface area contributed by atoms with Crippen molar-refractivity contribution in [2.24, 2.45) is 5.92 Å². The average molecular weight is 463 g/mol. The molecule has 178 valence electrons. The van der Waals surface area contributed by atoms with E-state index < -0.39 is 23.6 Å². The topological polar surface area (TPSA) is 105 Å². The second-order valence-corrected chi connectivity index (χ2v) is 9.90. The Bertz CT molecular complexity index is 1060. The monoisotopic (exact) mass is 462 g/mol. The number of benzene rings is 2. The van der Waals surface area contributed by atoms with Crippen molar-refractivity contribution < 1.29 is 24.2 Å². The number of hydrogen-bond acceptors (Lipinski definition) is 4. The number of alkyl carbamates (subject to hydrolysis) is 1. The Hall–Kier alpha value is -3.35. The van der Waals surface area contributed by atoms with Crippen molar-refractivity contribution in [3.63, 3.8) is 0 Å². The molecule has 7 heteroatoms. The first-order valence-electron chi connectivity index (χ1n) is 12.1. The van der Waals surface area contributed by atoms with Crippen LogP contribution in [0.4, 0.5) is 4.79 Å². The fourth-order valence-electron chi connectivity index (χ4n) is 5.26. The zero-order valence-electron chi connectivity index (χ0n) is 19.1. The molecule has 3 aliphatic carbocycles. The number of carboxylic acids is 1. The zero-order chi connectivity index (χ0) is 23.7. The average Bonchev–Trinajstić information content (AvgIpc) is 3.56. The molecule has 1 atom stereocenters. The van der Waals surface area contributed by atoms with Crippen molar-refractivity contribution in [1.29, 1.82) is 0 Å². The van der Waals surface area contributed by atoms with E-state index in [-0.39, 0.29) is 24.9 Å². The van der Waals surface area contributed by atoms with Crippen LogP contribution < -0.4 is 10.6 Å². The normalized spacial score (nSPS) is 18.7. The van der Waals surface area contributed by atoms with Gasteiger partial charge in [0.15, 0.2) is 0 Å². The van der Waals surface area contributed by atoms with Gasteiger partial charge in [-0.2, -0.15) is 0 Å². The number of hydrogen-bond donors (Lipinski definition) is 3. The third-order valence-corrected chi connectivity index (χ3v) is 7.42. The summed E-state index contributed by atoms with van der Waals surface area (Å²) < 4.78 is 5.66. The van der Waals surface area contributed by atoms with Crippen LogP contribution in [0.3, 0.4) is 0 Å². The van der Waals surface area contributed by atoms with Gasteiger partial charge < -0.3 is 20.5 Å². The highest BCUT2D eigenvalue weighted by molar-refractivity contribution is 5.85. The molecule has 2 saturated carbocycles. The van der Waals surface area contributed by atoms with Gasteiger partial charge in [-0.15, -0.1) is 0 Å². The van der Waals surface area contributed by atoms with Crippen molar-refractivity contribution >= 4 is 18.0 Å². The highest BCUT2D eigenvalue weighted by Gasteiger charge is 2.42. The molecule has 0 spiro atoms. The van der Waals surface area contributed by atoms with E-state index in [1.165, 1.54) is 11.1 Å². The van der Waals surface area contributed by atoms with Crippen molar-refractivity contribution in [2.75, 3.05) is 6.61 Å². The molecule has 5 rings (SSSR count). The third-order valence-electron chi connectivity index (χ3n) is 7.42. The molecule has 3 N–H and O–H groups in total. The number of fused-ring (bicyclic) bond motifs is 3. The molecular weight excluding hydrogens is 432 g/mol. The van der Waals surface area contributed by atoms with Gasteiger partial charge in [-0.05, 0) is 53.9 Å². The molecule has 3 aliphatic rings. The molecule has 7 nitrogen and oxygen atoms in total. The quantitative estimate of drug-likeness (QED) is 0.518. The molecule has 2 fully saturated rings. The summed E-state index contributed by atoms with van der Waals surface area (Å²) in [7, 11) is 0. The maximum Gasteiger partial charge on any atom is 0.407 e. The Labute approximate surface area is 198 Å². The minimum Gasteiger partial charge on any atom is -0.480 e. The number of amides is 2. The van der Waals surface area contributed by atoms with E-state index in [1.807, 2.05) is 24.3 Å². The minimum atomic E-state index is -1.01. The maximum atomic E-state index is 12.7. The van der Waals surface area contributed by atoms with Crippen LogP contribution in [-0.2, 0) is 14.3 Å². The molecule has 0 saturated heterocycles. The maximum absolute atomic E-state index is 12.7. The predicted octanol–water partition coefficient (Wildman–Crippen LogP) is 4.21. The summed E-state index contributed by atoms with van der Waals surface area (Å²) in [6, 6.07) is 15.5. The SMILES string of the molecule is O=C(CC1(NC(=O)OCC2c3ccccc3-c3ccccc32)CCC1)NC(CC1CC1)C(=O)O. The molecule has 34 heavy (non-hydrogen) atoms. The van der Waals surface area contributed by atoms with Gasteiger partial charge in [0.2, 0.25) is 5.91 Å². The smallest absolute Gasteiger partial charge is 0.407 e. The Balaban J connectivity index is 1.18. The van der Waals surface area contributed by atoms with E-state index in [0.717, 1.165) is 30.4 Å². The molecule has 1 unspecified atom stereocenters. The van der Waals surface area contributed by atoms with Crippen LogP contribution in [0.1, 0.15) is 62.0 Å². The second kappa shape index (κ2) is 9.12. The van der Waals surface area contributed by atoms with Gasteiger partial charge in [0.25, 0.3) is 0 Å². The van der Waals surface area contributed by atoms with E-state index >= 15 is 0 Å². The highest BCUT2D eigenvalue weighted by Crippen LogP contribution is 2.44. The zero-order valence-corrected chi connectivity index (χ0v) is 19.1. The van der Waals surface area contributed by atoms with Crippen LogP contribution in [0.2, 0.25) is 0 Å². The van der Waals surface area contributed by atoms with E-state index in [1.54, 1.807) is 0 Å². The summed E-state index contributed by atoms with van der Waals surface area (Å²) in [6.07, 6.45) is 4.28. The van der Waals surface area contributed by atoms with Crippen LogP contribution in [-0.4, -0.2) is 41.3 Å². The van der Waals surface area contributed by atoms with E-state index in [4.69, 9.17) is 4.74 Å². The molecule has 2 aromatic rings. The van der Waals surface area contributed by atoms with Gasteiger partial charge in [0.1, 0.15) is 12.6 Å². The highest BCUT2D eigenvalue weighted by atomic mass is 16.5. The van der Waals surface area contributed by atoms with Crippen LogP contribution in [0.5, 0.6) is 0 Å². The van der Waals surface area contributed by atoms with Crippen LogP contribution >= 0.6 is 0 Å². The fourth-order valence-corrected chi connectivity index (χ4v) is 5.26. The molecule has 2 amide bonds. The number of carbonyl (C=O) groups excluding carboxylic acids is 2. The second-order valence-electron chi connectivity index (χ2n) is 9.90. The van der Waals surface area contributed by atoms with Crippen LogP contribution in [0.15, 0.2) is 48.5 Å². The number of ether oxygens (including phenoxy) is 1. The Morgan fingerprint density at radius 3 is 2.15 bits per heavy atom. The summed E-state index contributed by atoms with van der Waals surface area (Å²) in [4.78, 5) is 36.9. The lowest BCUT2D eigenvalue weighted by Gasteiger charge is -2.41. The fraction of sp³-hybridized carbons (Fsp3) is 0.444. The first-order chi connectivity index (χ1) is 16.4. The number of carboxylic acid groups (broad SMARTS) is 1. The molecular formula is C27H30N2O5. The third kappa shape index (κ3) is 4.65. The van der Waals surface area contributed by atoms with Gasteiger partial charge >= 0.3 is 12.1 Å². The Morgan fingerprint density at radius 1 is 1.00 bits per heavy atom. The van der Waals surface area contributed by atoms with Gasteiger partial charge in [0.05, 0.1) is 5.54 Å². The molecule has 0 radical (unpaired) electrons. The van der Waals surface area contributed by atoms with Crippen LogP contribution in [0, 0.1) is 5.92 Å². The van der Waals surface area contributed by atoms with E-state index in [9.17, 15) is 19.5 Å². The number of rotatable bonds is 9. The molecule has 2 aromatic carbocycles. The lowest BCUT2D eigenvalue weighted by atomic mass is 9.74. The molecule has 0 heterocycles. The lowest BCUT2D eigenvalue weighted by molar-refractivity contribution is -0.142. The van der Waals surface area contributed by atoms with Gasteiger partial charge in [0, 0.05) is 12.3 Å². The molecule has 0 aromatic heterocycles. The minimum absolute atomic E-state index is 0.0301. The number of nitrogens with one attached hydrogen (secondary N) is 2. The van der Waals surface area contributed by atoms with E-state index in [2.05, 4.69) is 34.9 Å². The van der Waals surface area contributed by atoms with E-state index in [0.29, 0.717) is 25.2 Å². The van der Waals surface area contributed by atoms with Gasteiger partial charge in [-0.3, -0.25) is 4.79 Å². The summed E-state index contributed by atoms with van der Waals surface area (Å²) in [5.41, 5.74) is 3.95. The van der Waals surface area contributed by atoms with Crippen molar-refractivity contribution in [3.05, 3.63) is 59.7 Å². The summed E-state index contributed by atoms with van der Waals surface area (Å²) in [6.45, 7) is 0.213. The first-order valence-corrected chi connectivity index (χ1v) is 12.1. The largest absolute Gasteiger partial charge is 0.480 e. The summed E-state index contributed by atoms with van der Waals surface area (Å²) in [5.74, 6) is -0.991. The van der Waals surface area contributed by atoms with Crippen molar-refractivity contribution in [1.82, 2.24) is 10.6 Å². The predicted molar refractivity (Wildman–Crippen MR) is 126 cm³/mol. The first kappa shape index (κ1) is 22.4. The molecule has 0 bridgehead atoms. The lowest BCUT2D eigenvalue weighted by Crippen LogP contribution is -2.57. The summed E-state index contributed by atoms with van der Waals surface area (Å²) >= 11 is 0. The van der Waals surface area contributed by atoms with Gasteiger partial charge in [-0.25, -0.2) is 9.59 Å². The van der Waals surface area contributed by atoms with Crippen molar-refractivity contribution in [3.8, 4) is 11.1 Å².